The van der Waals surface area contributed by atoms with Crippen molar-refractivity contribution in [1.29, 1.82) is 0 Å². The van der Waals surface area contributed by atoms with Gasteiger partial charge in [0.2, 0.25) is 0 Å². The van der Waals surface area contributed by atoms with Crippen LogP contribution in [0.2, 0.25) is 0 Å². The van der Waals surface area contributed by atoms with E-state index in [2.05, 4.69) is 55.2 Å². The van der Waals surface area contributed by atoms with E-state index in [9.17, 15) is 0 Å². The van der Waals surface area contributed by atoms with Gasteiger partial charge in [-0.05, 0) is 66.8 Å². The largest absolute Gasteiger partial charge is 0.494 e. The third-order valence-corrected chi connectivity index (χ3v) is 5.01. The first kappa shape index (κ1) is 22.2. The van der Waals surface area contributed by atoms with Crippen molar-refractivity contribution in [3.8, 4) is 5.75 Å². The van der Waals surface area contributed by atoms with Crippen LogP contribution >= 0.6 is 0 Å². The topological polar surface area (TPSA) is 21.6 Å². The molecule has 2 aromatic carbocycles. The van der Waals surface area contributed by atoms with Crippen LogP contribution in [0.15, 0.2) is 53.5 Å². The summed E-state index contributed by atoms with van der Waals surface area (Å²) < 4.78 is 5.82. The Labute approximate surface area is 172 Å². The van der Waals surface area contributed by atoms with Crippen molar-refractivity contribution < 1.29 is 4.74 Å². The highest BCUT2D eigenvalue weighted by atomic mass is 16.5. The van der Waals surface area contributed by atoms with Gasteiger partial charge in [0.1, 0.15) is 5.75 Å². The van der Waals surface area contributed by atoms with Crippen molar-refractivity contribution in [3.05, 3.63) is 59.7 Å². The monoisotopic (exact) mass is 379 g/mol. The molecular formula is C26H37NO. The van der Waals surface area contributed by atoms with E-state index in [0.29, 0.717) is 0 Å². The molecule has 2 nitrogen and oxygen atoms in total. The van der Waals surface area contributed by atoms with Crippen LogP contribution in [0.25, 0.3) is 0 Å². The molecule has 2 heteroatoms. The van der Waals surface area contributed by atoms with Crippen LogP contribution in [0.4, 0.5) is 5.69 Å². The Hall–Kier alpha value is -2.09. The fraction of sp³-hybridized carbons (Fsp3) is 0.500. The summed E-state index contributed by atoms with van der Waals surface area (Å²) in [5.74, 6) is 0.945. The number of hydrogen-bond donors (Lipinski definition) is 0. The maximum absolute atomic E-state index is 5.82. The predicted molar refractivity (Wildman–Crippen MR) is 122 cm³/mol. The van der Waals surface area contributed by atoms with Crippen LogP contribution in [-0.2, 0) is 6.42 Å². The SMILES string of the molecule is CCCCCCCOc1ccc(C=Nc2ccc(CCCCCC)cc2)cc1. The summed E-state index contributed by atoms with van der Waals surface area (Å²) in [4.78, 5) is 4.60. The van der Waals surface area contributed by atoms with Gasteiger partial charge in [0.05, 0.1) is 12.3 Å². The average molecular weight is 380 g/mol. The number of benzene rings is 2. The molecule has 0 N–H and O–H groups in total. The van der Waals surface area contributed by atoms with Gasteiger partial charge in [-0.1, -0.05) is 70.9 Å². The zero-order chi connectivity index (χ0) is 19.9. The van der Waals surface area contributed by atoms with Gasteiger partial charge in [-0.2, -0.15) is 0 Å². The summed E-state index contributed by atoms with van der Waals surface area (Å²) in [6.07, 6.45) is 14.7. The molecule has 28 heavy (non-hydrogen) atoms. The lowest BCUT2D eigenvalue weighted by Gasteiger charge is -2.06. The van der Waals surface area contributed by atoms with Crippen molar-refractivity contribution in [1.82, 2.24) is 0 Å². The summed E-state index contributed by atoms with van der Waals surface area (Å²) in [5.41, 5.74) is 3.51. The number of rotatable bonds is 14. The summed E-state index contributed by atoms with van der Waals surface area (Å²) >= 11 is 0. The Morgan fingerprint density at radius 2 is 1.36 bits per heavy atom. The van der Waals surface area contributed by atoms with Crippen molar-refractivity contribution in [3.63, 3.8) is 0 Å². The second-order valence-corrected chi connectivity index (χ2v) is 7.57. The number of aryl methyl sites for hydroxylation is 1. The minimum atomic E-state index is 0.807. The van der Waals surface area contributed by atoms with E-state index >= 15 is 0 Å². The van der Waals surface area contributed by atoms with Gasteiger partial charge in [-0.3, -0.25) is 4.99 Å². The number of aliphatic imine (C=N–C) groups is 1. The maximum atomic E-state index is 5.82. The van der Waals surface area contributed by atoms with E-state index < -0.39 is 0 Å². The molecule has 0 aromatic heterocycles. The van der Waals surface area contributed by atoms with E-state index in [0.717, 1.165) is 30.0 Å². The fourth-order valence-electron chi connectivity index (χ4n) is 3.20. The highest BCUT2D eigenvalue weighted by molar-refractivity contribution is 5.82. The molecule has 0 atom stereocenters. The third kappa shape index (κ3) is 9.21. The second kappa shape index (κ2) is 14.0. The minimum Gasteiger partial charge on any atom is -0.494 e. The molecule has 0 amide bonds. The Balaban J connectivity index is 1.73. The quantitative estimate of drug-likeness (QED) is 0.241. The smallest absolute Gasteiger partial charge is 0.119 e. The molecule has 0 heterocycles. The highest BCUT2D eigenvalue weighted by Gasteiger charge is 1.97. The van der Waals surface area contributed by atoms with Crippen LogP contribution in [-0.4, -0.2) is 12.8 Å². The Kier molecular flexibility index (Phi) is 11.1. The van der Waals surface area contributed by atoms with E-state index in [1.807, 2.05) is 18.3 Å². The van der Waals surface area contributed by atoms with Gasteiger partial charge in [0, 0.05) is 6.21 Å². The van der Waals surface area contributed by atoms with Crippen LogP contribution < -0.4 is 4.74 Å². The van der Waals surface area contributed by atoms with Crippen molar-refractivity contribution in [2.24, 2.45) is 4.99 Å². The zero-order valence-electron chi connectivity index (χ0n) is 17.8. The Bertz CT molecular complexity index is 658. The van der Waals surface area contributed by atoms with Crippen molar-refractivity contribution in [2.75, 3.05) is 6.61 Å². The molecule has 0 unspecified atom stereocenters. The molecule has 0 radical (unpaired) electrons. The van der Waals surface area contributed by atoms with Gasteiger partial charge in [0.15, 0.2) is 0 Å². The van der Waals surface area contributed by atoms with Gasteiger partial charge in [-0.15, -0.1) is 0 Å². The number of hydrogen-bond acceptors (Lipinski definition) is 2. The number of unbranched alkanes of at least 4 members (excludes halogenated alkanes) is 7. The van der Waals surface area contributed by atoms with Crippen molar-refractivity contribution >= 4 is 11.9 Å². The molecule has 0 fully saturated rings. The average Bonchev–Trinajstić information content (AvgIpc) is 2.74. The molecule has 0 aliphatic heterocycles. The van der Waals surface area contributed by atoms with Crippen LogP contribution in [0.3, 0.4) is 0 Å². The van der Waals surface area contributed by atoms with E-state index in [4.69, 9.17) is 4.74 Å². The lowest BCUT2D eigenvalue weighted by molar-refractivity contribution is 0.304. The summed E-state index contributed by atoms with van der Waals surface area (Å²) in [6.45, 7) is 5.30. The maximum Gasteiger partial charge on any atom is 0.119 e. The molecule has 0 saturated carbocycles. The summed E-state index contributed by atoms with van der Waals surface area (Å²) in [6, 6.07) is 16.8. The van der Waals surface area contributed by atoms with Crippen LogP contribution in [0, 0.1) is 0 Å². The van der Waals surface area contributed by atoms with Gasteiger partial charge >= 0.3 is 0 Å². The molecular weight excluding hydrogens is 342 g/mol. The van der Waals surface area contributed by atoms with Gasteiger partial charge in [0.25, 0.3) is 0 Å². The fourth-order valence-corrected chi connectivity index (χ4v) is 3.20. The number of nitrogens with zero attached hydrogens (tertiary/aromatic N) is 1. The Morgan fingerprint density at radius 1 is 0.714 bits per heavy atom. The molecule has 0 aliphatic rings. The van der Waals surface area contributed by atoms with Crippen LogP contribution in [0.1, 0.15) is 82.8 Å². The standard InChI is InChI=1S/C26H37NO/c1-3-5-7-9-11-21-28-26-19-15-24(16-20-26)22-27-25-17-13-23(14-18-25)12-10-8-6-4-2/h13-20,22H,3-12,21H2,1-2H3. The van der Waals surface area contributed by atoms with Crippen molar-refractivity contribution in [2.45, 2.75) is 78.1 Å². The summed E-state index contributed by atoms with van der Waals surface area (Å²) in [5, 5.41) is 0. The molecule has 2 aromatic rings. The van der Waals surface area contributed by atoms with Gasteiger partial charge < -0.3 is 4.74 Å². The third-order valence-electron chi connectivity index (χ3n) is 5.01. The van der Waals surface area contributed by atoms with Crippen LogP contribution in [0.5, 0.6) is 5.75 Å². The summed E-state index contributed by atoms with van der Waals surface area (Å²) in [7, 11) is 0. The molecule has 2 rings (SSSR count). The first-order valence-corrected chi connectivity index (χ1v) is 11.2. The van der Waals surface area contributed by atoms with E-state index in [-0.39, 0.29) is 0 Å². The minimum absolute atomic E-state index is 0.807. The molecule has 0 bridgehead atoms. The molecule has 0 aliphatic carbocycles. The van der Waals surface area contributed by atoms with Gasteiger partial charge in [-0.25, -0.2) is 0 Å². The van der Waals surface area contributed by atoms with E-state index in [1.165, 1.54) is 63.4 Å². The lowest BCUT2D eigenvalue weighted by Crippen LogP contribution is -1.97. The first-order chi connectivity index (χ1) is 13.8. The number of ether oxygens (including phenoxy) is 1. The first-order valence-electron chi connectivity index (χ1n) is 11.2. The van der Waals surface area contributed by atoms with E-state index in [1.54, 1.807) is 0 Å². The predicted octanol–water partition coefficient (Wildman–Crippen LogP) is 7.91. The molecule has 0 saturated heterocycles. The molecule has 152 valence electrons. The normalized spacial score (nSPS) is 11.2. The highest BCUT2D eigenvalue weighted by Crippen LogP contribution is 2.17. The zero-order valence-corrected chi connectivity index (χ0v) is 17.8. The molecule has 0 spiro atoms. The second-order valence-electron chi connectivity index (χ2n) is 7.57. The lowest BCUT2D eigenvalue weighted by atomic mass is 10.1. The Morgan fingerprint density at radius 3 is 2.04 bits per heavy atom.